The van der Waals surface area contributed by atoms with Gasteiger partial charge in [0.1, 0.15) is 5.75 Å². The highest BCUT2D eigenvalue weighted by Gasteiger charge is 2.22. The minimum absolute atomic E-state index is 0.0316. The number of anilines is 2. The van der Waals surface area contributed by atoms with Crippen molar-refractivity contribution >= 4 is 44.6 Å². The molecule has 2 aromatic carbocycles. The lowest BCUT2D eigenvalue weighted by molar-refractivity contribution is -0.118. The van der Waals surface area contributed by atoms with Gasteiger partial charge in [0.2, 0.25) is 5.91 Å². The van der Waals surface area contributed by atoms with Crippen LogP contribution in [-0.2, 0) is 19.4 Å². The van der Waals surface area contributed by atoms with Crippen LogP contribution in [0.3, 0.4) is 0 Å². The molecule has 0 unspecified atom stereocenters. The summed E-state index contributed by atoms with van der Waals surface area (Å²) in [7, 11) is -3.69. The molecule has 142 valence electrons. The predicted molar refractivity (Wildman–Crippen MR) is 102 cm³/mol. The number of sulfone groups is 1. The van der Waals surface area contributed by atoms with E-state index in [1.54, 1.807) is 18.2 Å². The van der Waals surface area contributed by atoms with Gasteiger partial charge in [-0.3, -0.25) is 9.59 Å². The molecule has 2 amide bonds. The Labute approximate surface area is 161 Å². The molecule has 0 saturated carbocycles. The summed E-state index contributed by atoms with van der Waals surface area (Å²) in [6, 6.07) is 9.27. The Morgan fingerprint density at radius 1 is 1.26 bits per heavy atom. The van der Waals surface area contributed by atoms with Gasteiger partial charge in [0.25, 0.3) is 5.91 Å². The molecule has 9 heteroatoms. The number of nitrogens with one attached hydrogen (secondary N) is 2. The average molecular weight is 409 g/mol. The summed E-state index contributed by atoms with van der Waals surface area (Å²) in [5.41, 5.74) is 1.78. The van der Waals surface area contributed by atoms with Gasteiger partial charge in [-0.05, 0) is 36.8 Å². The minimum atomic E-state index is -3.69. The molecule has 0 aliphatic carbocycles. The molecule has 0 atom stereocenters. The first-order chi connectivity index (χ1) is 12.7. The molecular formula is C18H17ClN2O5S. The third-order valence-electron chi connectivity index (χ3n) is 4.02. The van der Waals surface area contributed by atoms with E-state index in [0.29, 0.717) is 16.4 Å². The number of hydrogen-bond donors (Lipinski definition) is 2. The third kappa shape index (κ3) is 4.58. The van der Waals surface area contributed by atoms with E-state index in [0.717, 1.165) is 5.56 Å². The molecule has 1 aliphatic rings. The van der Waals surface area contributed by atoms with Gasteiger partial charge in [0, 0.05) is 23.2 Å². The monoisotopic (exact) mass is 408 g/mol. The van der Waals surface area contributed by atoms with E-state index in [2.05, 4.69) is 10.6 Å². The molecule has 2 aromatic rings. The van der Waals surface area contributed by atoms with Gasteiger partial charge >= 0.3 is 0 Å². The molecule has 2 N–H and O–H groups in total. The van der Waals surface area contributed by atoms with Crippen molar-refractivity contribution < 1.29 is 22.7 Å². The van der Waals surface area contributed by atoms with Crippen LogP contribution in [-0.4, -0.2) is 32.6 Å². The number of aryl methyl sites for hydroxylation is 1. The van der Waals surface area contributed by atoms with Gasteiger partial charge in [0.05, 0.1) is 16.3 Å². The molecule has 27 heavy (non-hydrogen) atoms. The van der Waals surface area contributed by atoms with Crippen LogP contribution in [0, 0.1) is 6.92 Å². The second-order valence-electron chi connectivity index (χ2n) is 6.07. The van der Waals surface area contributed by atoms with Crippen LogP contribution in [0.1, 0.15) is 12.0 Å². The molecule has 0 aromatic heterocycles. The zero-order valence-corrected chi connectivity index (χ0v) is 16.0. The number of benzene rings is 2. The number of hydrogen-bond acceptors (Lipinski definition) is 5. The number of carbonyl (C=O) groups excluding carboxylic acids is 2. The molecule has 0 saturated heterocycles. The smallest absolute Gasteiger partial charge is 0.262 e. The summed E-state index contributed by atoms with van der Waals surface area (Å²) < 4.78 is 30.3. The van der Waals surface area contributed by atoms with Crippen molar-refractivity contribution in [3.8, 4) is 5.75 Å². The lowest BCUT2D eigenvalue weighted by Crippen LogP contribution is -2.25. The predicted octanol–water partition coefficient (Wildman–Crippen LogP) is 2.78. The first kappa shape index (κ1) is 19.2. The molecule has 0 radical (unpaired) electrons. The Balaban J connectivity index is 1.67. The molecule has 3 rings (SSSR count). The highest BCUT2D eigenvalue weighted by atomic mass is 35.5. The largest absolute Gasteiger partial charge is 0.482 e. The Kier molecular flexibility index (Phi) is 5.38. The fourth-order valence-electron chi connectivity index (χ4n) is 2.53. The number of fused-ring (bicyclic) bond motifs is 1. The van der Waals surface area contributed by atoms with Crippen molar-refractivity contribution in [2.45, 2.75) is 18.2 Å². The van der Waals surface area contributed by atoms with Gasteiger partial charge in [-0.2, -0.15) is 0 Å². The van der Waals surface area contributed by atoms with Crippen molar-refractivity contribution in [3.63, 3.8) is 0 Å². The molecule has 7 nitrogen and oxygen atoms in total. The zero-order chi connectivity index (χ0) is 19.6. The Morgan fingerprint density at radius 2 is 2.04 bits per heavy atom. The number of amides is 2. The van der Waals surface area contributed by atoms with E-state index in [9.17, 15) is 18.0 Å². The van der Waals surface area contributed by atoms with Crippen LogP contribution in [0.2, 0.25) is 5.02 Å². The summed E-state index contributed by atoms with van der Waals surface area (Å²) in [6.07, 6.45) is -0.205. The van der Waals surface area contributed by atoms with Crippen molar-refractivity contribution in [2.75, 3.05) is 23.0 Å². The quantitative estimate of drug-likeness (QED) is 0.792. The molecule has 1 heterocycles. The molecule has 0 fully saturated rings. The maximum absolute atomic E-state index is 12.5. The maximum atomic E-state index is 12.5. The third-order valence-corrected chi connectivity index (χ3v) is 5.97. The van der Waals surface area contributed by atoms with Crippen molar-refractivity contribution in [3.05, 3.63) is 47.0 Å². The first-order valence-corrected chi connectivity index (χ1v) is 10.1. The number of ether oxygens (including phenoxy) is 1. The van der Waals surface area contributed by atoms with Crippen molar-refractivity contribution in [1.29, 1.82) is 0 Å². The van der Waals surface area contributed by atoms with E-state index < -0.39 is 15.7 Å². The van der Waals surface area contributed by atoms with E-state index in [1.807, 2.05) is 6.92 Å². The van der Waals surface area contributed by atoms with Crippen molar-refractivity contribution in [1.82, 2.24) is 0 Å². The minimum Gasteiger partial charge on any atom is -0.482 e. The van der Waals surface area contributed by atoms with Gasteiger partial charge in [-0.25, -0.2) is 8.42 Å². The second-order valence-corrected chi connectivity index (χ2v) is 8.62. The van der Waals surface area contributed by atoms with Gasteiger partial charge in [0.15, 0.2) is 16.4 Å². The number of carbonyl (C=O) groups is 2. The SMILES string of the molecule is Cc1ccc(Cl)cc1NC(=O)CCS(=O)(=O)c1ccc2c(c1)OCC(=O)N2. The first-order valence-electron chi connectivity index (χ1n) is 8.10. The molecule has 1 aliphatic heterocycles. The van der Waals surface area contributed by atoms with Crippen LogP contribution >= 0.6 is 11.6 Å². The fourth-order valence-corrected chi connectivity index (χ4v) is 3.96. The highest BCUT2D eigenvalue weighted by Crippen LogP contribution is 2.30. The maximum Gasteiger partial charge on any atom is 0.262 e. The number of rotatable bonds is 5. The van der Waals surface area contributed by atoms with Crippen LogP contribution < -0.4 is 15.4 Å². The normalized spacial score (nSPS) is 13.3. The Morgan fingerprint density at radius 3 is 2.81 bits per heavy atom. The Hall–Kier alpha value is -2.58. The van der Waals surface area contributed by atoms with Gasteiger partial charge < -0.3 is 15.4 Å². The molecular weight excluding hydrogens is 392 g/mol. The van der Waals surface area contributed by atoms with Gasteiger partial charge in [-0.1, -0.05) is 17.7 Å². The zero-order valence-electron chi connectivity index (χ0n) is 14.4. The Bertz CT molecular complexity index is 1020. The standard InChI is InChI=1S/C18H17ClN2O5S/c1-11-2-3-12(19)8-15(11)21-17(22)6-7-27(24,25)13-4-5-14-16(9-13)26-10-18(23)20-14/h2-5,8-9H,6-7,10H2,1H3,(H,20,23)(H,21,22). The van der Waals surface area contributed by atoms with E-state index in [-0.39, 0.29) is 35.3 Å². The summed E-state index contributed by atoms with van der Waals surface area (Å²) in [6.45, 7) is 1.65. The van der Waals surface area contributed by atoms with Crippen LogP contribution in [0.4, 0.5) is 11.4 Å². The second kappa shape index (κ2) is 7.58. The van der Waals surface area contributed by atoms with Crippen molar-refractivity contribution in [2.24, 2.45) is 0 Å². The average Bonchev–Trinajstić information content (AvgIpc) is 2.62. The van der Waals surface area contributed by atoms with Crippen LogP contribution in [0.5, 0.6) is 5.75 Å². The van der Waals surface area contributed by atoms with E-state index in [4.69, 9.17) is 16.3 Å². The fraction of sp³-hybridized carbons (Fsp3) is 0.222. The molecule has 0 spiro atoms. The summed E-state index contributed by atoms with van der Waals surface area (Å²) in [4.78, 5) is 23.4. The van der Waals surface area contributed by atoms with Crippen LogP contribution in [0.15, 0.2) is 41.3 Å². The summed E-state index contributed by atoms with van der Waals surface area (Å²) in [5, 5.41) is 5.74. The lowest BCUT2D eigenvalue weighted by atomic mass is 10.2. The number of halogens is 1. The highest BCUT2D eigenvalue weighted by molar-refractivity contribution is 7.91. The summed E-state index contributed by atoms with van der Waals surface area (Å²) in [5.74, 6) is -0.796. The van der Waals surface area contributed by atoms with E-state index >= 15 is 0 Å². The van der Waals surface area contributed by atoms with E-state index in [1.165, 1.54) is 18.2 Å². The summed E-state index contributed by atoms with van der Waals surface area (Å²) >= 11 is 5.91. The van der Waals surface area contributed by atoms with Gasteiger partial charge in [-0.15, -0.1) is 0 Å². The molecule has 0 bridgehead atoms. The lowest BCUT2D eigenvalue weighted by Gasteiger charge is -2.18. The topological polar surface area (TPSA) is 102 Å². The van der Waals surface area contributed by atoms with Crippen LogP contribution in [0.25, 0.3) is 0 Å².